The van der Waals surface area contributed by atoms with Gasteiger partial charge in [0.05, 0.1) is 5.70 Å². The van der Waals surface area contributed by atoms with Crippen molar-refractivity contribution in [2.45, 2.75) is 56.8 Å². The maximum atomic E-state index is 14.1. The van der Waals surface area contributed by atoms with E-state index < -0.39 is 11.7 Å². The molecule has 160 valence electrons. The molecule has 5 nitrogen and oxygen atoms in total. The molecule has 4 aliphatic rings. The van der Waals surface area contributed by atoms with E-state index in [4.69, 9.17) is 0 Å². The van der Waals surface area contributed by atoms with Crippen LogP contribution in [0.1, 0.15) is 44.7 Å². The highest BCUT2D eigenvalue weighted by atomic mass is 19.4. The Balaban J connectivity index is 1.39. The van der Waals surface area contributed by atoms with E-state index in [0.29, 0.717) is 19.0 Å². The van der Waals surface area contributed by atoms with Crippen molar-refractivity contribution in [2.75, 3.05) is 13.1 Å². The number of hydrogen-bond donors (Lipinski definition) is 1. The normalized spacial score (nSPS) is 25.9. The van der Waals surface area contributed by atoms with Gasteiger partial charge in [0.1, 0.15) is 11.7 Å². The van der Waals surface area contributed by atoms with E-state index >= 15 is 0 Å². The van der Waals surface area contributed by atoms with Gasteiger partial charge < -0.3 is 9.80 Å². The second-order valence-corrected chi connectivity index (χ2v) is 9.00. The maximum Gasteiger partial charge on any atom is 0.422 e. The molecular formula is C22H26F3N5. The lowest BCUT2D eigenvalue weighted by atomic mass is 9.77. The fourth-order valence-corrected chi connectivity index (χ4v) is 4.70. The van der Waals surface area contributed by atoms with Crippen molar-refractivity contribution in [2.24, 2.45) is 11.0 Å². The predicted molar refractivity (Wildman–Crippen MR) is 108 cm³/mol. The Morgan fingerprint density at radius 1 is 1.20 bits per heavy atom. The molecule has 0 amide bonds. The summed E-state index contributed by atoms with van der Waals surface area (Å²) in [6.07, 6.45) is 5.16. The zero-order chi connectivity index (χ0) is 20.9. The highest BCUT2D eigenvalue weighted by Gasteiger charge is 2.48. The standard InChI is InChI=1S/C22H26F3N5/c1-21(17-4-2-3-10-26-17)8-12-29(13-9-21)16-7-11-30-18(14-15-5-6-15)27-28-20(30)19(16)22(23,24)25/h2-4,7,10-11,15,18,27H,5-6,8-9,12-14H2,1H3. The smallest absolute Gasteiger partial charge is 0.371 e. The van der Waals surface area contributed by atoms with Crippen LogP contribution in [-0.4, -0.2) is 46.1 Å². The van der Waals surface area contributed by atoms with Crippen LogP contribution in [0.15, 0.2) is 53.0 Å². The quantitative estimate of drug-likeness (QED) is 0.800. The van der Waals surface area contributed by atoms with Gasteiger partial charge in [0, 0.05) is 36.6 Å². The van der Waals surface area contributed by atoms with Crippen LogP contribution >= 0.6 is 0 Å². The van der Waals surface area contributed by atoms with E-state index in [1.165, 1.54) is 0 Å². The molecule has 30 heavy (non-hydrogen) atoms. The van der Waals surface area contributed by atoms with Crippen LogP contribution in [0, 0.1) is 5.92 Å². The number of allylic oxidation sites excluding steroid dienone is 1. The Morgan fingerprint density at radius 2 is 1.97 bits per heavy atom. The number of pyridine rings is 1. The SMILES string of the molecule is CC1(c2ccccn2)CCN(C2=C(C(F)(F)F)C3=NNC(CC4CC4)N3C=C2)CC1. The monoisotopic (exact) mass is 417 g/mol. The van der Waals surface area contributed by atoms with Crippen LogP contribution in [0.2, 0.25) is 0 Å². The van der Waals surface area contributed by atoms with Gasteiger partial charge in [0.2, 0.25) is 0 Å². The molecule has 1 aliphatic carbocycles. The minimum atomic E-state index is -4.46. The molecule has 3 aliphatic heterocycles. The molecule has 1 saturated heterocycles. The largest absolute Gasteiger partial charge is 0.422 e. The minimum absolute atomic E-state index is 0.00344. The van der Waals surface area contributed by atoms with Crippen molar-refractivity contribution in [3.05, 3.63) is 53.6 Å². The molecule has 5 rings (SSSR count). The fraction of sp³-hybridized carbons (Fsp3) is 0.545. The van der Waals surface area contributed by atoms with Gasteiger partial charge in [-0.2, -0.15) is 18.3 Å². The first kappa shape index (κ1) is 19.5. The highest BCUT2D eigenvalue weighted by molar-refractivity contribution is 6.03. The average molecular weight is 417 g/mol. The van der Waals surface area contributed by atoms with Crippen LogP contribution in [0.5, 0.6) is 0 Å². The van der Waals surface area contributed by atoms with Gasteiger partial charge in [0.25, 0.3) is 0 Å². The number of alkyl halides is 3. The van der Waals surface area contributed by atoms with E-state index in [1.807, 2.05) is 23.1 Å². The molecule has 1 aromatic rings. The molecule has 1 unspecified atom stereocenters. The predicted octanol–water partition coefficient (Wildman–Crippen LogP) is 4.12. The molecular weight excluding hydrogens is 391 g/mol. The van der Waals surface area contributed by atoms with Gasteiger partial charge in [-0.15, -0.1) is 0 Å². The summed E-state index contributed by atoms with van der Waals surface area (Å²) in [4.78, 5) is 8.01. The fourth-order valence-electron chi connectivity index (χ4n) is 4.70. The third-order valence-corrected chi connectivity index (χ3v) is 6.80. The number of halogens is 3. The lowest BCUT2D eigenvalue weighted by Gasteiger charge is -2.42. The first-order chi connectivity index (χ1) is 14.4. The Bertz CT molecular complexity index is 893. The van der Waals surface area contributed by atoms with Gasteiger partial charge in [-0.05, 0) is 43.4 Å². The van der Waals surface area contributed by atoms with Gasteiger partial charge in [-0.25, -0.2) is 0 Å². The first-order valence-corrected chi connectivity index (χ1v) is 10.6. The Morgan fingerprint density at radius 3 is 2.60 bits per heavy atom. The van der Waals surface area contributed by atoms with Crippen molar-refractivity contribution in [3.63, 3.8) is 0 Å². The summed E-state index contributed by atoms with van der Waals surface area (Å²) in [5.41, 5.74) is 3.42. The summed E-state index contributed by atoms with van der Waals surface area (Å²) in [5, 5.41) is 4.12. The van der Waals surface area contributed by atoms with Crippen molar-refractivity contribution < 1.29 is 13.2 Å². The van der Waals surface area contributed by atoms with Crippen LogP contribution in [0.3, 0.4) is 0 Å². The van der Waals surface area contributed by atoms with Gasteiger partial charge >= 0.3 is 6.18 Å². The summed E-state index contributed by atoms with van der Waals surface area (Å²) >= 11 is 0. The van der Waals surface area contributed by atoms with E-state index in [1.54, 1.807) is 23.4 Å². The summed E-state index contributed by atoms with van der Waals surface area (Å²) in [7, 11) is 0. The molecule has 0 bridgehead atoms. The van der Waals surface area contributed by atoms with Crippen molar-refractivity contribution in [1.29, 1.82) is 0 Å². The lowest BCUT2D eigenvalue weighted by molar-refractivity contribution is -0.0889. The number of aromatic nitrogens is 1. The number of hydrazone groups is 1. The molecule has 2 fully saturated rings. The van der Waals surface area contributed by atoms with Crippen LogP contribution in [-0.2, 0) is 5.41 Å². The van der Waals surface area contributed by atoms with Crippen LogP contribution in [0.4, 0.5) is 13.2 Å². The van der Waals surface area contributed by atoms with Gasteiger partial charge in [-0.1, -0.05) is 25.8 Å². The van der Waals surface area contributed by atoms with Gasteiger partial charge in [-0.3, -0.25) is 10.4 Å². The van der Waals surface area contributed by atoms with E-state index in [-0.39, 0.29) is 23.1 Å². The molecule has 0 aromatic carbocycles. The summed E-state index contributed by atoms with van der Waals surface area (Å²) in [6.45, 7) is 3.26. The maximum absolute atomic E-state index is 14.1. The van der Waals surface area contributed by atoms with Crippen LogP contribution < -0.4 is 5.43 Å². The lowest BCUT2D eigenvalue weighted by Crippen LogP contribution is -2.45. The number of rotatable bonds is 4. The highest BCUT2D eigenvalue weighted by Crippen LogP contribution is 2.42. The van der Waals surface area contributed by atoms with Crippen molar-refractivity contribution in [3.8, 4) is 0 Å². The third kappa shape index (κ3) is 3.46. The second-order valence-electron chi connectivity index (χ2n) is 9.00. The van der Waals surface area contributed by atoms with Crippen LogP contribution in [0.25, 0.3) is 0 Å². The average Bonchev–Trinajstić information content (AvgIpc) is 3.46. The molecule has 1 aromatic heterocycles. The molecule has 1 atom stereocenters. The Kier molecular flexibility index (Phi) is 4.56. The van der Waals surface area contributed by atoms with E-state index in [9.17, 15) is 13.2 Å². The Hall–Kier alpha value is -2.51. The molecule has 0 spiro atoms. The summed E-state index contributed by atoms with van der Waals surface area (Å²) in [6, 6.07) is 5.85. The van der Waals surface area contributed by atoms with Crippen molar-refractivity contribution in [1.82, 2.24) is 20.2 Å². The summed E-state index contributed by atoms with van der Waals surface area (Å²) in [5.74, 6) is 0.597. The van der Waals surface area contributed by atoms with E-state index in [0.717, 1.165) is 37.8 Å². The number of hydrogen-bond acceptors (Lipinski definition) is 5. The minimum Gasteiger partial charge on any atom is -0.371 e. The Labute approximate surface area is 174 Å². The number of nitrogens with zero attached hydrogens (tertiary/aromatic N) is 4. The number of nitrogens with one attached hydrogen (secondary N) is 1. The number of likely N-dealkylation sites (tertiary alicyclic amines) is 1. The van der Waals surface area contributed by atoms with E-state index in [2.05, 4.69) is 22.4 Å². The molecule has 8 heteroatoms. The number of amidine groups is 1. The first-order valence-electron chi connectivity index (χ1n) is 10.6. The molecule has 1 saturated carbocycles. The van der Waals surface area contributed by atoms with Gasteiger partial charge in [0.15, 0.2) is 5.84 Å². The number of piperidine rings is 1. The summed E-state index contributed by atoms with van der Waals surface area (Å²) < 4.78 is 42.4. The molecule has 0 radical (unpaired) electrons. The third-order valence-electron chi connectivity index (χ3n) is 6.80. The molecule has 1 N–H and O–H groups in total. The number of fused-ring (bicyclic) bond motifs is 1. The topological polar surface area (TPSA) is 43.8 Å². The van der Waals surface area contributed by atoms with Crippen molar-refractivity contribution >= 4 is 5.84 Å². The second kappa shape index (κ2) is 7.03. The zero-order valence-electron chi connectivity index (χ0n) is 17.0. The zero-order valence-corrected chi connectivity index (χ0v) is 17.0. The molecule has 4 heterocycles.